The molecule has 0 saturated carbocycles. The van der Waals surface area contributed by atoms with E-state index in [1.165, 1.54) is 0 Å². The second-order valence-electron chi connectivity index (χ2n) is 4.55. The monoisotopic (exact) mass is 366 g/mol. The van der Waals surface area contributed by atoms with Gasteiger partial charge in [0.1, 0.15) is 0 Å². The zero-order valence-electron chi connectivity index (χ0n) is 10.4. The molecule has 1 aromatic heterocycles. The van der Waals surface area contributed by atoms with E-state index in [1.54, 1.807) is 6.92 Å². The van der Waals surface area contributed by atoms with E-state index in [0.29, 0.717) is 22.1 Å². The van der Waals surface area contributed by atoms with Gasteiger partial charge in [-0.05, 0) is 43.6 Å². The van der Waals surface area contributed by atoms with Gasteiger partial charge in [0, 0.05) is 5.33 Å². The molecule has 0 unspecified atom stereocenters. The van der Waals surface area contributed by atoms with Crippen LogP contribution in [0, 0.1) is 0 Å². The summed E-state index contributed by atoms with van der Waals surface area (Å²) < 4.78 is 7.50. The van der Waals surface area contributed by atoms with Crippen LogP contribution in [-0.4, -0.2) is 22.4 Å². The van der Waals surface area contributed by atoms with Crippen molar-refractivity contribution >= 4 is 37.8 Å². The molecule has 0 spiro atoms. The van der Waals surface area contributed by atoms with Crippen LogP contribution in [-0.2, 0) is 15.6 Å². The van der Waals surface area contributed by atoms with E-state index in [9.17, 15) is 4.79 Å². The fourth-order valence-electron chi connectivity index (χ4n) is 1.43. The van der Waals surface area contributed by atoms with Crippen LogP contribution in [0.3, 0.4) is 0 Å². The number of rotatable bonds is 3. The van der Waals surface area contributed by atoms with E-state index in [2.05, 4.69) is 37.0 Å². The van der Waals surface area contributed by atoms with Crippen LogP contribution in [0.4, 0.5) is 0 Å². The molecule has 0 N–H and O–H groups in total. The predicted molar refractivity (Wildman–Crippen MR) is 73.5 cm³/mol. The van der Waals surface area contributed by atoms with Gasteiger partial charge in [0.05, 0.1) is 22.3 Å². The zero-order valence-corrected chi connectivity index (χ0v) is 13.6. The van der Waals surface area contributed by atoms with Crippen molar-refractivity contribution in [3.63, 3.8) is 0 Å². The summed E-state index contributed by atoms with van der Waals surface area (Å²) in [5, 5.41) is 4.96. The Morgan fingerprint density at radius 1 is 1.47 bits per heavy atom. The smallest absolute Gasteiger partial charge is 0.360 e. The van der Waals surface area contributed by atoms with Crippen LogP contribution in [0.1, 0.15) is 43.9 Å². The molecule has 1 heterocycles. The van der Waals surface area contributed by atoms with Crippen LogP contribution in [0.5, 0.6) is 0 Å². The van der Waals surface area contributed by atoms with Gasteiger partial charge in [-0.3, -0.25) is 4.68 Å². The van der Waals surface area contributed by atoms with Crippen LogP contribution in [0.2, 0.25) is 0 Å². The Bertz CT molecular complexity index is 422. The highest BCUT2D eigenvalue weighted by atomic mass is 79.9. The molecule has 0 atom stereocenters. The molecule has 6 heteroatoms. The Morgan fingerprint density at radius 3 is 2.41 bits per heavy atom. The fraction of sp³-hybridized carbons (Fsp3) is 0.636. The highest BCUT2D eigenvalue weighted by molar-refractivity contribution is 9.10. The molecule has 1 rings (SSSR count). The molecular formula is C11H16Br2N2O2. The number of halogens is 2. The first-order valence-corrected chi connectivity index (χ1v) is 7.25. The maximum Gasteiger partial charge on any atom is 0.360 e. The maximum absolute atomic E-state index is 11.7. The summed E-state index contributed by atoms with van der Waals surface area (Å²) in [6, 6.07) is 0. The number of hydrogen-bond donors (Lipinski definition) is 0. The van der Waals surface area contributed by atoms with E-state index < -0.39 is 5.97 Å². The van der Waals surface area contributed by atoms with Gasteiger partial charge >= 0.3 is 5.97 Å². The summed E-state index contributed by atoms with van der Waals surface area (Å²) in [7, 11) is 0. The lowest BCUT2D eigenvalue weighted by molar-refractivity contribution is 0.0516. The van der Waals surface area contributed by atoms with Crippen molar-refractivity contribution < 1.29 is 9.53 Å². The molecule has 0 saturated heterocycles. The molecule has 1 aromatic rings. The third-order valence-corrected chi connectivity index (χ3v) is 3.51. The van der Waals surface area contributed by atoms with Crippen molar-refractivity contribution in [2.75, 3.05) is 6.61 Å². The van der Waals surface area contributed by atoms with E-state index in [-0.39, 0.29) is 5.54 Å². The highest BCUT2D eigenvalue weighted by Crippen LogP contribution is 2.28. The largest absolute Gasteiger partial charge is 0.461 e. The van der Waals surface area contributed by atoms with Gasteiger partial charge in [-0.25, -0.2) is 4.79 Å². The summed E-state index contributed by atoms with van der Waals surface area (Å²) in [6.45, 7) is 8.23. The second kappa shape index (κ2) is 5.52. The second-order valence-corrected chi connectivity index (χ2v) is 5.90. The number of carbonyl (C=O) groups is 1. The predicted octanol–water partition coefficient (Wildman–Crippen LogP) is 3.47. The average Bonchev–Trinajstić information content (AvgIpc) is 2.55. The van der Waals surface area contributed by atoms with Crippen molar-refractivity contribution in [3.05, 3.63) is 15.9 Å². The maximum atomic E-state index is 11.7. The minimum Gasteiger partial charge on any atom is -0.461 e. The normalized spacial score (nSPS) is 11.6. The molecule has 0 aliphatic rings. The SMILES string of the molecule is CCOC(=O)c1nn(C(C)(C)C)c(CBr)c1Br. The van der Waals surface area contributed by atoms with E-state index in [1.807, 2.05) is 25.5 Å². The first-order chi connectivity index (χ1) is 7.82. The molecule has 0 fully saturated rings. The van der Waals surface area contributed by atoms with E-state index in [4.69, 9.17) is 4.74 Å². The molecule has 0 aliphatic carbocycles. The van der Waals surface area contributed by atoms with Crippen LogP contribution in [0.25, 0.3) is 0 Å². The van der Waals surface area contributed by atoms with Gasteiger partial charge < -0.3 is 4.74 Å². The fourth-order valence-corrected chi connectivity index (χ4v) is 2.88. The Morgan fingerprint density at radius 2 is 2.06 bits per heavy atom. The molecule has 0 aromatic carbocycles. The number of nitrogens with zero attached hydrogens (tertiary/aromatic N) is 2. The van der Waals surface area contributed by atoms with Crippen molar-refractivity contribution in [2.24, 2.45) is 0 Å². The Labute approximate surface area is 118 Å². The lowest BCUT2D eigenvalue weighted by Crippen LogP contribution is -2.25. The molecule has 0 radical (unpaired) electrons. The van der Waals surface area contributed by atoms with Crippen molar-refractivity contribution in [1.29, 1.82) is 0 Å². The van der Waals surface area contributed by atoms with Crippen LogP contribution in [0.15, 0.2) is 4.47 Å². The number of carbonyl (C=O) groups excluding carboxylic acids is 1. The molecule has 0 bridgehead atoms. The van der Waals surface area contributed by atoms with Crippen LogP contribution >= 0.6 is 31.9 Å². The standard InChI is InChI=1S/C11H16Br2N2O2/c1-5-17-10(16)9-8(13)7(6-12)15(14-9)11(2,3)4/h5-6H2,1-4H3. The summed E-state index contributed by atoms with van der Waals surface area (Å²) in [5.74, 6) is -0.399. The van der Waals surface area contributed by atoms with Gasteiger partial charge in [0.2, 0.25) is 0 Å². The molecule has 0 amide bonds. The number of aromatic nitrogens is 2. The number of alkyl halides is 1. The Balaban J connectivity index is 3.27. The Kier molecular flexibility index (Phi) is 4.77. The first kappa shape index (κ1) is 14.7. The van der Waals surface area contributed by atoms with E-state index >= 15 is 0 Å². The molecule has 96 valence electrons. The quantitative estimate of drug-likeness (QED) is 0.606. The van der Waals surface area contributed by atoms with Crippen molar-refractivity contribution in [1.82, 2.24) is 9.78 Å². The lowest BCUT2D eigenvalue weighted by Gasteiger charge is -2.21. The number of esters is 1. The van der Waals surface area contributed by atoms with E-state index in [0.717, 1.165) is 5.69 Å². The molecule has 4 nitrogen and oxygen atoms in total. The van der Waals surface area contributed by atoms with Gasteiger partial charge in [0.25, 0.3) is 0 Å². The third-order valence-electron chi connectivity index (χ3n) is 2.15. The van der Waals surface area contributed by atoms with Crippen LogP contribution < -0.4 is 0 Å². The van der Waals surface area contributed by atoms with Crippen molar-refractivity contribution in [3.8, 4) is 0 Å². The lowest BCUT2D eigenvalue weighted by atomic mass is 10.1. The minimum absolute atomic E-state index is 0.184. The third kappa shape index (κ3) is 3.10. The van der Waals surface area contributed by atoms with Gasteiger partial charge in [-0.2, -0.15) is 5.10 Å². The zero-order chi connectivity index (χ0) is 13.2. The average molecular weight is 368 g/mol. The highest BCUT2D eigenvalue weighted by Gasteiger charge is 2.26. The molecule has 0 aliphatic heterocycles. The topological polar surface area (TPSA) is 44.1 Å². The number of ether oxygens (including phenoxy) is 1. The summed E-state index contributed by atoms with van der Waals surface area (Å²) >= 11 is 6.82. The summed E-state index contributed by atoms with van der Waals surface area (Å²) in [5.41, 5.74) is 1.08. The number of hydrogen-bond acceptors (Lipinski definition) is 3. The summed E-state index contributed by atoms with van der Waals surface area (Å²) in [4.78, 5) is 11.7. The Hall–Kier alpha value is -0.360. The minimum atomic E-state index is -0.399. The van der Waals surface area contributed by atoms with Gasteiger partial charge in [-0.15, -0.1) is 0 Å². The van der Waals surface area contributed by atoms with Crippen molar-refractivity contribution in [2.45, 2.75) is 38.6 Å². The molecule has 17 heavy (non-hydrogen) atoms. The van der Waals surface area contributed by atoms with Gasteiger partial charge in [-0.1, -0.05) is 15.9 Å². The van der Waals surface area contributed by atoms with Gasteiger partial charge in [0.15, 0.2) is 5.69 Å². The summed E-state index contributed by atoms with van der Waals surface area (Å²) in [6.07, 6.45) is 0. The first-order valence-electron chi connectivity index (χ1n) is 5.33. The molecular weight excluding hydrogens is 352 g/mol.